The van der Waals surface area contributed by atoms with Gasteiger partial charge in [-0.1, -0.05) is 54.4 Å². The van der Waals surface area contributed by atoms with Crippen molar-refractivity contribution < 1.29 is 0 Å². The van der Waals surface area contributed by atoms with Crippen molar-refractivity contribution in [1.82, 2.24) is 4.90 Å². The topological polar surface area (TPSA) is 3.24 Å². The van der Waals surface area contributed by atoms with Crippen LogP contribution in [0.5, 0.6) is 0 Å². The maximum absolute atomic E-state index is 2.64. The van der Waals surface area contributed by atoms with Crippen LogP contribution in [0.2, 0.25) is 0 Å². The van der Waals surface area contributed by atoms with Crippen molar-refractivity contribution in [3.8, 4) is 0 Å². The summed E-state index contributed by atoms with van der Waals surface area (Å²) in [7, 11) is 0. The third-order valence-electron chi connectivity index (χ3n) is 9.24. The molecule has 2 aliphatic carbocycles. The fourth-order valence-electron chi connectivity index (χ4n) is 6.67. The van der Waals surface area contributed by atoms with Gasteiger partial charge < -0.3 is 4.90 Å². The minimum absolute atomic E-state index is 0.950. The van der Waals surface area contributed by atoms with Gasteiger partial charge in [-0.2, -0.15) is 0 Å². The Morgan fingerprint density at radius 3 is 1.64 bits per heavy atom. The molecule has 1 heteroatoms. The van der Waals surface area contributed by atoms with Crippen molar-refractivity contribution >= 4 is 0 Å². The van der Waals surface area contributed by atoms with Crippen molar-refractivity contribution in [1.29, 1.82) is 0 Å². The van der Waals surface area contributed by atoms with Crippen LogP contribution in [-0.4, -0.2) is 24.5 Å². The lowest BCUT2D eigenvalue weighted by Gasteiger charge is -2.39. The number of rotatable bonds is 11. The molecule has 0 aromatic rings. The maximum atomic E-state index is 2.64. The summed E-state index contributed by atoms with van der Waals surface area (Å²) in [6.07, 6.45) is 16.4. The highest BCUT2D eigenvalue weighted by Gasteiger charge is 2.32. The Hall–Kier alpha value is -0.0400. The van der Waals surface area contributed by atoms with Gasteiger partial charge in [0.15, 0.2) is 0 Å². The highest BCUT2D eigenvalue weighted by molar-refractivity contribution is 4.83. The molecule has 0 aliphatic heterocycles. The zero-order valence-corrected chi connectivity index (χ0v) is 20.4. The van der Waals surface area contributed by atoms with E-state index in [-0.39, 0.29) is 0 Å². The quantitative estimate of drug-likeness (QED) is 0.344. The van der Waals surface area contributed by atoms with Crippen molar-refractivity contribution in [2.24, 2.45) is 41.4 Å². The summed E-state index contributed by atoms with van der Waals surface area (Å²) in [6.45, 7) is 18.4. The van der Waals surface area contributed by atoms with E-state index in [2.05, 4.69) is 46.4 Å². The smallest absolute Gasteiger partial charge is 0.000943 e. The Kier molecular flexibility index (Phi) is 10.9. The van der Waals surface area contributed by atoms with E-state index in [4.69, 9.17) is 0 Å². The fourth-order valence-corrected chi connectivity index (χ4v) is 6.67. The predicted molar refractivity (Wildman–Crippen MR) is 126 cm³/mol. The van der Waals surface area contributed by atoms with E-state index in [1.54, 1.807) is 0 Å². The van der Waals surface area contributed by atoms with Crippen molar-refractivity contribution in [2.75, 3.05) is 19.6 Å². The number of hydrogen-bond acceptors (Lipinski definition) is 1. The van der Waals surface area contributed by atoms with Gasteiger partial charge in [0.1, 0.15) is 0 Å². The van der Waals surface area contributed by atoms with Gasteiger partial charge in [-0.05, 0) is 112 Å². The second kappa shape index (κ2) is 12.6. The van der Waals surface area contributed by atoms with Gasteiger partial charge in [0, 0.05) is 6.54 Å². The van der Waals surface area contributed by atoms with Crippen molar-refractivity contribution in [3.63, 3.8) is 0 Å². The molecule has 28 heavy (non-hydrogen) atoms. The minimum Gasteiger partial charge on any atom is -0.304 e. The van der Waals surface area contributed by atoms with Gasteiger partial charge in [-0.3, -0.25) is 0 Å². The average Bonchev–Trinajstić information content (AvgIpc) is 2.75. The number of nitrogens with zero attached hydrogens (tertiary/aromatic N) is 1. The first-order valence-corrected chi connectivity index (χ1v) is 13.2. The maximum Gasteiger partial charge on any atom is 0.000943 e. The van der Waals surface area contributed by atoms with E-state index in [0.717, 1.165) is 41.4 Å². The molecule has 0 N–H and O–H groups in total. The highest BCUT2D eigenvalue weighted by atomic mass is 15.1. The Bertz CT molecular complexity index is 385. The van der Waals surface area contributed by atoms with Gasteiger partial charge in [0.2, 0.25) is 0 Å². The van der Waals surface area contributed by atoms with E-state index < -0.39 is 0 Å². The molecule has 0 aromatic heterocycles. The van der Waals surface area contributed by atoms with Crippen LogP contribution >= 0.6 is 0 Å². The summed E-state index contributed by atoms with van der Waals surface area (Å²) in [5, 5.41) is 0. The molecule has 2 saturated carbocycles. The summed E-state index contributed by atoms with van der Waals surface area (Å²) < 4.78 is 0. The van der Waals surface area contributed by atoms with Gasteiger partial charge >= 0.3 is 0 Å². The summed E-state index contributed by atoms with van der Waals surface area (Å²) in [5.41, 5.74) is 0. The zero-order chi connectivity index (χ0) is 20.5. The van der Waals surface area contributed by atoms with Gasteiger partial charge in [0.05, 0.1) is 0 Å². The molecule has 1 nitrogen and oxygen atoms in total. The van der Waals surface area contributed by atoms with Crippen LogP contribution in [-0.2, 0) is 0 Å². The summed E-state index contributed by atoms with van der Waals surface area (Å²) in [6, 6.07) is 0. The molecule has 0 amide bonds. The molecule has 0 spiro atoms. The van der Waals surface area contributed by atoms with Crippen LogP contribution in [0.25, 0.3) is 0 Å². The third kappa shape index (κ3) is 7.03. The van der Waals surface area contributed by atoms with Gasteiger partial charge in [0.25, 0.3) is 0 Å². The summed E-state index contributed by atoms with van der Waals surface area (Å²) >= 11 is 0. The van der Waals surface area contributed by atoms with Crippen LogP contribution in [0.4, 0.5) is 0 Å². The molecule has 0 radical (unpaired) electrons. The summed E-state index contributed by atoms with van der Waals surface area (Å²) in [4.78, 5) is 2.64. The van der Waals surface area contributed by atoms with E-state index in [1.165, 1.54) is 90.3 Å². The molecule has 0 bridgehead atoms. The van der Waals surface area contributed by atoms with E-state index in [1.807, 2.05) is 0 Å². The fraction of sp³-hybridized carbons (Fsp3) is 1.00. The second-order valence-electron chi connectivity index (χ2n) is 10.7. The van der Waals surface area contributed by atoms with Crippen LogP contribution in [0.1, 0.15) is 112 Å². The lowest BCUT2D eigenvalue weighted by molar-refractivity contribution is 0.118. The zero-order valence-electron chi connectivity index (χ0n) is 20.4. The normalized spacial score (nSPS) is 32.2. The molecule has 166 valence electrons. The highest BCUT2D eigenvalue weighted by Crippen LogP contribution is 2.43. The third-order valence-corrected chi connectivity index (χ3v) is 9.24. The molecular formula is C27H53N. The van der Waals surface area contributed by atoms with Crippen LogP contribution in [0.15, 0.2) is 0 Å². The molecule has 0 saturated heterocycles. The molecular weight excluding hydrogens is 338 g/mol. The van der Waals surface area contributed by atoms with Gasteiger partial charge in [-0.25, -0.2) is 0 Å². The summed E-state index contributed by atoms with van der Waals surface area (Å²) in [5.74, 6) is 6.95. The average molecular weight is 392 g/mol. The van der Waals surface area contributed by atoms with Crippen LogP contribution in [0.3, 0.4) is 0 Å². The first kappa shape index (κ1) is 24.2. The van der Waals surface area contributed by atoms with E-state index in [9.17, 15) is 0 Å². The molecule has 3 unspecified atom stereocenters. The van der Waals surface area contributed by atoms with E-state index in [0.29, 0.717) is 0 Å². The Balaban J connectivity index is 1.75. The predicted octanol–water partition coefficient (Wildman–Crippen LogP) is 8.04. The monoisotopic (exact) mass is 391 g/mol. The number of hydrogen-bond donors (Lipinski definition) is 0. The SMILES string of the molecule is CCC(C)C1CCC(C(CC)CC(C)C2CCC(CN(CC)CC)CC2)CC1. The second-order valence-corrected chi connectivity index (χ2v) is 10.7. The van der Waals surface area contributed by atoms with Crippen molar-refractivity contribution in [2.45, 2.75) is 112 Å². The van der Waals surface area contributed by atoms with Gasteiger partial charge in [-0.15, -0.1) is 0 Å². The molecule has 0 heterocycles. The Morgan fingerprint density at radius 1 is 0.643 bits per heavy atom. The molecule has 3 atom stereocenters. The Labute approximate surface area is 178 Å². The molecule has 0 aromatic carbocycles. The standard InChI is InChI=1S/C27H53N/c1-7-21(5)25-15-17-27(18-16-25)24(8-2)19-22(6)26-13-11-23(12-14-26)20-28(9-3)10-4/h21-27H,7-20H2,1-6H3. The molecule has 2 rings (SSSR count). The van der Waals surface area contributed by atoms with Crippen LogP contribution < -0.4 is 0 Å². The Morgan fingerprint density at radius 2 is 1.14 bits per heavy atom. The first-order chi connectivity index (χ1) is 13.5. The van der Waals surface area contributed by atoms with Crippen molar-refractivity contribution in [3.05, 3.63) is 0 Å². The molecule has 2 aliphatic rings. The lowest BCUT2D eigenvalue weighted by atomic mass is 9.67. The minimum atomic E-state index is 0.950. The van der Waals surface area contributed by atoms with Crippen LogP contribution in [0, 0.1) is 41.4 Å². The largest absolute Gasteiger partial charge is 0.304 e. The lowest BCUT2D eigenvalue weighted by Crippen LogP contribution is -2.32. The first-order valence-electron chi connectivity index (χ1n) is 13.2. The molecule has 2 fully saturated rings. The van der Waals surface area contributed by atoms with E-state index >= 15 is 0 Å².